The Balaban J connectivity index is 1.80. The lowest BCUT2D eigenvalue weighted by Crippen LogP contribution is -2.27. The summed E-state index contributed by atoms with van der Waals surface area (Å²) in [7, 11) is 1.69. The van der Waals surface area contributed by atoms with E-state index in [-0.39, 0.29) is 5.91 Å². The van der Waals surface area contributed by atoms with Crippen LogP contribution in [0.3, 0.4) is 0 Å². The van der Waals surface area contributed by atoms with Crippen LogP contribution in [-0.4, -0.2) is 41.5 Å². The number of methoxy groups -OCH3 is 1. The number of imidazole rings is 1. The van der Waals surface area contributed by atoms with Gasteiger partial charge in [-0.2, -0.15) is 0 Å². The summed E-state index contributed by atoms with van der Waals surface area (Å²) >= 11 is 3.19. The van der Waals surface area contributed by atoms with Gasteiger partial charge in [-0.3, -0.25) is 4.79 Å². The number of hydrogen-bond donors (Lipinski definition) is 1. The number of aryl methyl sites for hydroxylation is 1. The van der Waals surface area contributed by atoms with E-state index in [1.165, 1.54) is 16.6 Å². The Labute approximate surface area is 145 Å². The first kappa shape index (κ1) is 18.0. The Kier molecular flexibility index (Phi) is 7.14. The molecule has 2 rings (SSSR count). The number of nitrogens with one attached hydrogen (secondary N) is 1. The van der Waals surface area contributed by atoms with Gasteiger partial charge in [0.05, 0.1) is 18.1 Å². The van der Waals surface area contributed by atoms with Gasteiger partial charge in [0.2, 0.25) is 5.91 Å². The number of thioether (sulfide) groups is 1. The van der Waals surface area contributed by atoms with Crippen LogP contribution in [0.1, 0.15) is 16.3 Å². The molecule has 0 saturated carbocycles. The number of aromatic nitrogens is 2. The van der Waals surface area contributed by atoms with Gasteiger partial charge >= 0.3 is 0 Å². The number of nitrogens with zero attached hydrogens (tertiary/aromatic N) is 2. The van der Waals surface area contributed by atoms with Crippen molar-refractivity contribution in [2.24, 2.45) is 0 Å². The third kappa shape index (κ3) is 5.37. The Morgan fingerprint density at radius 3 is 3.00 bits per heavy atom. The topological polar surface area (TPSA) is 56.1 Å². The average Bonchev–Trinajstić information content (AvgIpc) is 3.13. The Hall–Kier alpha value is -1.31. The van der Waals surface area contributed by atoms with Gasteiger partial charge in [-0.05, 0) is 31.7 Å². The van der Waals surface area contributed by atoms with Crippen molar-refractivity contribution in [1.82, 2.24) is 14.9 Å². The standard InChI is InChI=1S/C16H23N3O2S2/c1-12-13(2)19(8-9-21-3)16(18-12)23-11-15(20)17-7-6-14-5-4-10-22-14/h4-5,10H,6-9,11H2,1-3H3,(H,17,20). The van der Waals surface area contributed by atoms with Gasteiger partial charge < -0.3 is 14.6 Å². The summed E-state index contributed by atoms with van der Waals surface area (Å²) in [4.78, 5) is 17.8. The fourth-order valence-corrected chi connectivity index (χ4v) is 3.80. The molecule has 5 nitrogen and oxygen atoms in total. The van der Waals surface area contributed by atoms with Crippen LogP contribution in [0.2, 0.25) is 0 Å². The summed E-state index contributed by atoms with van der Waals surface area (Å²) < 4.78 is 7.26. The van der Waals surface area contributed by atoms with E-state index in [4.69, 9.17) is 4.74 Å². The molecular formula is C16H23N3O2S2. The van der Waals surface area contributed by atoms with Crippen molar-refractivity contribution in [2.75, 3.05) is 26.0 Å². The van der Waals surface area contributed by atoms with Crippen molar-refractivity contribution in [3.63, 3.8) is 0 Å². The van der Waals surface area contributed by atoms with Crippen molar-refractivity contribution in [1.29, 1.82) is 0 Å². The predicted octanol–water partition coefficient (Wildman–Crippen LogP) is 2.66. The van der Waals surface area contributed by atoms with Crippen LogP contribution < -0.4 is 5.32 Å². The van der Waals surface area contributed by atoms with Crippen LogP contribution >= 0.6 is 23.1 Å². The minimum Gasteiger partial charge on any atom is -0.383 e. The van der Waals surface area contributed by atoms with E-state index >= 15 is 0 Å². The minimum absolute atomic E-state index is 0.0446. The van der Waals surface area contributed by atoms with Crippen LogP contribution in [0.5, 0.6) is 0 Å². The SMILES string of the molecule is COCCn1c(SCC(=O)NCCc2cccs2)nc(C)c1C. The van der Waals surface area contributed by atoms with Crippen LogP contribution in [0.25, 0.3) is 0 Å². The van der Waals surface area contributed by atoms with Gasteiger partial charge in [0, 0.05) is 30.8 Å². The smallest absolute Gasteiger partial charge is 0.230 e. The summed E-state index contributed by atoms with van der Waals surface area (Å²) in [6.07, 6.45) is 0.884. The first-order valence-electron chi connectivity index (χ1n) is 7.56. The molecule has 0 aliphatic carbocycles. The van der Waals surface area contributed by atoms with Crippen molar-refractivity contribution in [2.45, 2.75) is 32.0 Å². The van der Waals surface area contributed by atoms with E-state index in [0.717, 1.165) is 29.5 Å². The summed E-state index contributed by atoms with van der Waals surface area (Å²) in [6, 6.07) is 4.12. The monoisotopic (exact) mass is 353 g/mol. The maximum absolute atomic E-state index is 12.0. The first-order valence-corrected chi connectivity index (χ1v) is 9.43. The lowest BCUT2D eigenvalue weighted by Gasteiger charge is -2.09. The Morgan fingerprint density at radius 1 is 1.48 bits per heavy atom. The molecule has 0 atom stereocenters. The zero-order chi connectivity index (χ0) is 16.7. The molecule has 1 amide bonds. The predicted molar refractivity (Wildman–Crippen MR) is 95.3 cm³/mol. The highest BCUT2D eigenvalue weighted by Gasteiger charge is 2.13. The number of hydrogen-bond acceptors (Lipinski definition) is 5. The molecule has 1 N–H and O–H groups in total. The van der Waals surface area contributed by atoms with E-state index in [1.807, 2.05) is 19.9 Å². The Bertz CT molecular complexity index is 624. The van der Waals surface area contributed by atoms with Crippen LogP contribution in [0, 0.1) is 13.8 Å². The number of carbonyl (C=O) groups excluding carboxylic acids is 1. The quantitative estimate of drug-likeness (QED) is 0.704. The van der Waals surface area contributed by atoms with Gasteiger partial charge in [-0.1, -0.05) is 17.8 Å². The molecule has 0 spiro atoms. The van der Waals surface area contributed by atoms with Crippen molar-refractivity contribution in [3.05, 3.63) is 33.8 Å². The van der Waals surface area contributed by atoms with Crippen LogP contribution in [0.4, 0.5) is 0 Å². The van der Waals surface area contributed by atoms with Gasteiger partial charge in [-0.25, -0.2) is 4.98 Å². The molecule has 2 heterocycles. The maximum atomic E-state index is 12.0. The molecule has 126 valence electrons. The van der Waals surface area contributed by atoms with Gasteiger partial charge in [0.25, 0.3) is 0 Å². The molecule has 0 aromatic carbocycles. The first-order chi connectivity index (χ1) is 11.1. The van der Waals surface area contributed by atoms with Crippen molar-refractivity contribution < 1.29 is 9.53 Å². The summed E-state index contributed by atoms with van der Waals surface area (Å²) in [5.74, 6) is 0.427. The second-order valence-electron chi connectivity index (χ2n) is 5.18. The number of rotatable bonds is 9. The highest BCUT2D eigenvalue weighted by atomic mass is 32.2. The molecule has 0 fully saturated rings. The van der Waals surface area contributed by atoms with E-state index in [2.05, 4.69) is 26.3 Å². The summed E-state index contributed by atoms with van der Waals surface area (Å²) in [6.45, 7) is 6.10. The highest BCUT2D eigenvalue weighted by molar-refractivity contribution is 7.99. The molecular weight excluding hydrogens is 330 g/mol. The number of carbonyl (C=O) groups is 1. The third-order valence-corrected chi connectivity index (χ3v) is 5.46. The lowest BCUT2D eigenvalue weighted by atomic mass is 10.3. The highest BCUT2D eigenvalue weighted by Crippen LogP contribution is 2.21. The van der Waals surface area contributed by atoms with E-state index < -0.39 is 0 Å². The fourth-order valence-electron chi connectivity index (χ4n) is 2.14. The molecule has 0 bridgehead atoms. The van der Waals surface area contributed by atoms with Crippen molar-refractivity contribution >= 4 is 29.0 Å². The summed E-state index contributed by atoms with van der Waals surface area (Å²) in [5.41, 5.74) is 2.13. The Morgan fingerprint density at radius 2 is 2.30 bits per heavy atom. The van der Waals surface area contributed by atoms with E-state index in [0.29, 0.717) is 18.9 Å². The van der Waals surface area contributed by atoms with Crippen LogP contribution in [0.15, 0.2) is 22.7 Å². The fraction of sp³-hybridized carbons (Fsp3) is 0.500. The molecule has 0 radical (unpaired) electrons. The second kappa shape index (κ2) is 9.10. The number of thiophene rings is 1. The number of amides is 1. The van der Waals surface area contributed by atoms with Crippen LogP contribution in [-0.2, 0) is 22.5 Å². The van der Waals surface area contributed by atoms with Gasteiger partial charge in [-0.15, -0.1) is 11.3 Å². The third-order valence-electron chi connectivity index (χ3n) is 3.55. The van der Waals surface area contributed by atoms with E-state index in [1.54, 1.807) is 18.4 Å². The lowest BCUT2D eigenvalue weighted by molar-refractivity contribution is -0.118. The largest absolute Gasteiger partial charge is 0.383 e. The molecule has 0 unspecified atom stereocenters. The number of ether oxygens (including phenoxy) is 1. The van der Waals surface area contributed by atoms with Gasteiger partial charge in [0.15, 0.2) is 5.16 Å². The molecule has 0 aliphatic heterocycles. The van der Waals surface area contributed by atoms with Crippen molar-refractivity contribution in [3.8, 4) is 0 Å². The van der Waals surface area contributed by atoms with E-state index in [9.17, 15) is 4.79 Å². The molecule has 2 aromatic heterocycles. The molecule has 7 heteroatoms. The summed E-state index contributed by atoms with van der Waals surface area (Å²) in [5, 5.41) is 5.89. The second-order valence-corrected chi connectivity index (χ2v) is 7.15. The van der Waals surface area contributed by atoms with Gasteiger partial charge in [0.1, 0.15) is 0 Å². The molecule has 23 heavy (non-hydrogen) atoms. The molecule has 2 aromatic rings. The minimum atomic E-state index is 0.0446. The molecule has 0 aliphatic rings. The molecule has 0 saturated heterocycles. The zero-order valence-corrected chi connectivity index (χ0v) is 15.4. The average molecular weight is 354 g/mol. The normalized spacial score (nSPS) is 10.9. The zero-order valence-electron chi connectivity index (χ0n) is 13.8. The maximum Gasteiger partial charge on any atom is 0.230 e.